The smallest absolute Gasteiger partial charge is 0.320 e. The van der Waals surface area contributed by atoms with Crippen LogP contribution in [0.4, 0.5) is 4.79 Å². The van der Waals surface area contributed by atoms with Gasteiger partial charge in [-0.05, 0) is 11.8 Å². The van der Waals surface area contributed by atoms with E-state index >= 15 is 0 Å². The van der Waals surface area contributed by atoms with Gasteiger partial charge >= 0.3 is 6.03 Å². The van der Waals surface area contributed by atoms with Gasteiger partial charge in [-0.3, -0.25) is 0 Å². The number of aromatic amines is 1. The molecule has 1 N–H and O–H groups in total. The van der Waals surface area contributed by atoms with Gasteiger partial charge in [-0.1, -0.05) is 20.8 Å². The maximum Gasteiger partial charge on any atom is 0.320 e. The SMILES string of the molecule is CC(C)(C)CS(=O)(=O)N1CC2(CN(C(=O)N3CC[C@H](c4cn[nH]n4)C3)C2)C1. The Kier molecular flexibility index (Phi) is 4.26. The molecule has 0 aliphatic carbocycles. The Morgan fingerprint density at radius 2 is 1.96 bits per heavy atom. The van der Waals surface area contributed by atoms with Crippen LogP contribution in [0.15, 0.2) is 6.20 Å². The summed E-state index contributed by atoms with van der Waals surface area (Å²) in [5.41, 5.74) is 0.620. The van der Waals surface area contributed by atoms with Crippen molar-refractivity contribution in [2.75, 3.05) is 45.0 Å². The van der Waals surface area contributed by atoms with E-state index in [0.717, 1.165) is 18.7 Å². The number of hydrogen-bond donors (Lipinski definition) is 1. The van der Waals surface area contributed by atoms with Crippen molar-refractivity contribution in [2.24, 2.45) is 10.8 Å². The van der Waals surface area contributed by atoms with Gasteiger partial charge in [0.15, 0.2) is 0 Å². The first-order chi connectivity index (χ1) is 12.6. The molecule has 0 saturated carbocycles. The number of aromatic nitrogens is 3. The predicted molar refractivity (Wildman–Crippen MR) is 99.5 cm³/mol. The first kappa shape index (κ1) is 18.7. The van der Waals surface area contributed by atoms with E-state index in [4.69, 9.17) is 0 Å². The second-order valence-corrected chi connectivity index (χ2v) is 11.5. The maximum atomic E-state index is 12.7. The molecule has 150 valence electrons. The number of H-pyrrole nitrogens is 1. The van der Waals surface area contributed by atoms with Crippen LogP contribution in [0, 0.1) is 10.8 Å². The summed E-state index contributed by atoms with van der Waals surface area (Å²) in [7, 11) is -3.21. The van der Waals surface area contributed by atoms with E-state index in [1.165, 1.54) is 0 Å². The Bertz CT molecular complexity index is 802. The van der Waals surface area contributed by atoms with Crippen LogP contribution in [-0.4, -0.2) is 89.0 Å². The largest absolute Gasteiger partial charge is 0.324 e. The highest BCUT2D eigenvalue weighted by molar-refractivity contribution is 7.89. The zero-order valence-electron chi connectivity index (χ0n) is 16.2. The first-order valence-electron chi connectivity index (χ1n) is 9.44. The van der Waals surface area contributed by atoms with Crippen LogP contribution in [0.5, 0.6) is 0 Å². The number of nitrogens with zero attached hydrogens (tertiary/aromatic N) is 5. The van der Waals surface area contributed by atoms with Crippen molar-refractivity contribution < 1.29 is 13.2 Å². The third-order valence-electron chi connectivity index (χ3n) is 5.67. The van der Waals surface area contributed by atoms with Crippen molar-refractivity contribution in [1.82, 2.24) is 29.5 Å². The summed E-state index contributed by atoms with van der Waals surface area (Å²) >= 11 is 0. The molecule has 0 unspecified atom stereocenters. The van der Waals surface area contributed by atoms with Crippen molar-refractivity contribution in [2.45, 2.75) is 33.1 Å². The highest BCUT2D eigenvalue weighted by Gasteiger charge is 2.57. The van der Waals surface area contributed by atoms with Gasteiger partial charge in [0.05, 0.1) is 17.6 Å². The number of nitrogens with one attached hydrogen (secondary N) is 1. The summed E-state index contributed by atoms with van der Waals surface area (Å²) < 4.78 is 26.5. The summed E-state index contributed by atoms with van der Waals surface area (Å²) in [6.45, 7) is 9.59. The van der Waals surface area contributed by atoms with Crippen LogP contribution in [0.2, 0.25) is 0 Å². The van der Waals surface area contributed by atoms with Gasteiger partial charge in [-0.15, -0.1) is 0 Å². The second kappa shape index (κ2) is 6.16. The standard InChI is InChI=1S/C17H28N6O3S/c1-16(2,3)12-27(25,26)23-10-17(11-23)8-22(9-17)15(24)21-5-4-13(7-21)14-6-18-20-19-14/h6,13H,4-5,7-12H2,1-3H3,(H,18,19,20)/t13-/m0/s1. The molecule has 9 nitrogen and oxygen atoms in total. The third kappa shape index (κ3) is 3.56. The number of rotatable bonds is 3. The molecule has 3 fully saturated rings. The molecule has 3 saturated heterocycles. The molecule has 1 aromatic rings. The van der Waals surface area contributed by atoms with Crippen molar-refractivity contribution in [3.8, 4) is 0 Å². The number of amides is 2. The van der Waals surface area contributed by atoms with E-state index in [1.807, 2.05) is 30.6 Å². The number of likely N-dealkylation sites (tertiary alicyclic amines) is 2. The molecule has 1 aromatic heterocycles. The molecular weight excluding hydrogens is 368 g/mol. The minimum absolute atomic E-state index is 0.0359. The topological polar surface area (TPSA) is 103 Å². The van der Waals surface area contributed by atoms with Gasteiger partial charge in [0.25, 0.3) is 0 Å². The average molecular weight is 397 g/mol. The number of carbonyl (C=O) groups excluding carboxylic acids is 1. The van der Waals surface area contributed by atoms with E-state index in [2.05, 4.69) is 15.4 Å². The highest BCUT2D eigenvalue weighted by Crippen LogP contribution is 2.42. The normalized spacial score (nSPS) is 25.5. The van der Waals surface area contributed by atoms with Crippen LogP contribution in [-0.2, 0) is 10.0 Å². The summed E-state index contributed by atoms with van der Waals surface area (Å²) in [5, 5.41) is 10.6. The number of carbonyl (C=O) groups is 1. The molecule has 1 atom stereocenters. The molecule has 3 aliphatic heterocycles. The summed E-state index contributed by atoms with van der Waals surface area (Å²) in [6.07, 6.45) is 2.62. The van der Waals surface area contributed by atoms with Crippen LogP contribution in [0.3, 0.4) is 0 Å². The Labute approximate surface area is 160 Å². The summed E-state index contributed by atoms with van der Waals surface area (Å²) in [4.78, 5) is 16.4. The molecule has 27 heavy (non-hydrogen) atoms. The quantitative estimate of drug-likeness (QED) is 0.810. The van der Waals surface area contributed by atoms with E-state index < -0.39 is 10.0 Å². The lowest BCUT2D eigenvalue weighted by Crippen LogP contribution is -2.74. The van der Waals surface area contributed by atoms with Crippen molar-refractivity contribution in [1.29, 1.82) is 0 Å². The average Bonchev–Trinajstić information content (AvgIpc) is 3.12. The fourth-order valence-corrected chi connectivity index (χ4v) is 6.64. The zero-order chi connectivity index (χ0) is 19.4. The van der Waals surface area contributed by atoms with E-state index in [1.54, 1.807) is 10.5 Å². The van der Waals surface area contributed by atoms with Gasteiger partial charge in [0, 0.05) is 50.6 Å². The van der Waals surface area contributed by atoms with Crippen molar-refractivity contribution in [3.05, 3.63) is 11.9 Å². The van der Waals surface area contributed by atoms with E-state index in [9.17, 15) is 13.2 Å². The monoisotopic (exact) mass is 396 g/mol. The van der Waals surface area contributed by atoms with Crippen molar-refractivity contribution in [3.63, 3.8) is 0 Å². The Morgan fingerprint density at radius 3 is 2.56 bits per heavy atom. The van der Waals surface area contributed by atoms with Gasteiger partial charge in [0.2, 0.25) is 10.0 Å². The molecule has 4 rings (SSSR count). The summed E-state index contributed by atoms with van der Waals surface area (Å²) in [6, 6.07) is 0.0580. The van der Waals surface area contributed by atoms with Crippen LogP contribution >= 0.6 is 0 Å². The number of hydrogen-bond acceptors (Lipinski definition) is 5. The Balaban J connectivity index is 1.26. The van der Waals surface area contributed by atoms with Gasteiger partial charge in [-0.2, -0.15) is 15.4 Å². The lowest BCUT2D eigenvalue weighted by Gasteiger charge is -2.59. The van der Waals surface area contributed by atoms with E-state index in [-0.39, 0.29) is 28.5 Å². The molecule has 10 heteroatoms. The highest BCUT2D eigenvalue weighted by atomic mass is 32.2. The van der Waals surface area contributed by atoms with Gasteiger partial charge < -0.3 is 9.80 Å². The minimum Gasteiger partial charge on any atom is -0.324 e. The van der Waals surface area contributed by atoms with Gasteiger partial charge in [0.1, 0.15) is 0 Å². The molecule has 2 amide bonds. The fourth-order valence-electron chi connectivity index (χ4n) is 4.42. The predicted octanol–water partition coefficient (Wildman–Crippen LogP) is 0.708. The molecule has 4 heterocycles. The lowest BCUT2D eigenvalue weighted by molar-refractivity contribution is -0.0622. The Hall–Kier alpha value is -1.68. The zero-order valence-corrected chi connectivity index (χ0v) is 17.0. The lowest BCUT2D eigenvalue weighted by atomic mass is 9.74. The second-order valence-electron chi connectivity index (χ2n) is 9.55. The molecule has 0 radical (unpaired) electrons. The van der Waals surface area contributed by atoms with Crippen molar-refractivity contribution >= 4 is 16.1 Å². The first-order valence-corrected chi connectivity index (χ1v) is 11.1. The molecule has 0 aromatic carbocycles. The van der Waals surface area contributed by atoms with Gasteiger partial charge in [-0.25, -0.2) is 17.5 Å². The van der Waals surface area contributed by atoms with Crippen LogP contribution in [0.1, 0.15) is 38.8 Å². The maximum absolute atomic E-state index is 12.7. The molecule has 1 spiro atoms. The molecule has 3 aliphatic rings. The van der Waals surface area contributed by atoms with Crippen LogP contribution < -0.4 is 0 Å². The molecular formula is C17H28N6O3S. The van der Waals surface area contributed by atoms with E-state index in [0.29, 0.717) is 32.7 Å². The summed E-state index contributed by atoms with van der Waals surface area (Å²) in [5.74, 6) is 0.403. The fraction of sp³-hybridized carbons (Fsp3) is 0.824. The molecule has 0 bridgehead atoms. The minimum atomic E-state index is -3.21. The van der Waals surface area contributed by atoms with Crippen LogP contribution in [0.25, 0.3) is 0 Å². The number of urea groups is 1. The third-order valence-corrected chi connectivity index (χ3v) is 7.94. The number of sulfonamides is 1. The Morgan fingerprint density at radius 1 is 1.26 bits per heavy atom.